The van der Waals surface area contributed by atoms with E-state index >= 15 is 0 Å². The van der Waals surface area contributed by atoms with Gasteiger partial charge in [-0.2, -0.15) is 0 Å². The van der Waals surface area contributed by atoms with Crippen molar-refractivity contribution in [2.75, 3.05) is 20.8 Å². The second-order valence-electron chi connectivity index (χ2n) is 5.56. The van der Waals surface area contributed by atoms with E-state index in [-0.39, 0.29) is 6.04 Å². The molecule has 1 aromatic carbocycles. The van der Waals surface area contributed by atoms with Gasteiger partial charge in [0, 0.05) is 18.2 Å². The number of benzene rings is 1. The third kappa shape index (κ3) is 3.21. The molecule has 2 rings (SSSR count). The van der Waals surface area contributed by atoms with Crippen LogP contribution in [0.4, 0.5) is 0 Å². The topological polar surface area (TPSA) is 30.5 Å². The van der Waals surface area contributed by atoms with Crippen LogP contribution < -0.4 is 14.8 Å². The van der Waals surface area contributed by atoms with Crippen LogP contribution >= 0.6 is 0 Å². The first-order chi connectivity index (χ1) is 9.14. The van der Waals surface area contributed by atoms with Crippen molar-refractivity contribution in [2.24, 2.45) is 5.41 Å². The van der Waals surface area contributed by atoms with Crippen LogP contribution in [0, 0.1) is 5.41 Å². The molecule has 1 aliphatic rings. The first-order valence-electron chi connectivity index (χ1n) is 7.09. The Hall–Kier alpha value is -1.22. The van der Waals surface area contributed by atoms with Gasteiger partial charge in [-0.1, -0.05) is 6.92 Å². The minimum Gasteiger partial charge on any atom is -0.497 e. The van der Waals surface area contributed by atoms with Gasteiger partial charge in [-0.05, 0) is 49.8 Å². The van der Waals surface area contributed by atoms with Crippen molar-refractivity contribution in [1.29, 1.82) is 0 Å². The summed E-state index contributed by atoms with van der Waals surface area (Å²) in [5.74, 6) is 1.79. The highest BCUT2D eigenvalue weighted by atomic mass is 16.5. The number of nitrogens with one attached hydrogen (secondary N) is 1. The van der Waals surface area contributed by atoms with Crippen molar-refractivity contribution in [3.05, 3.63) is 23.8 Å². The minimum absolute atomic E-state index is 0.272. The Morgan fingerprint density at radius 3 is 2.53 bits per heavy atom. The van der Waals surface area contributed by atoms with Crippen molar-refractivity contribution >= 4 is 0 Å². The molecular formula is C16H25NO2. The highest BCUT2D eigenvalue weighted by Gasteiger charge is 2.40. The van der Waals surface area contributed by atoms with Crippen LogP contribution in [0.25, 0.3) is 0 Å². The Kier molecular flexibility index (Phi) is 4.35. The molecular weight excluding hydrogens is 238 g/mol. The smallest absolute Gasteiger partial charge is 0.123 e. The van der Waals surface area contributed by atoms with Crippen LogP contribution in [0.2, 0.25) is 0 Å². The molecule has 0 bridgehead atoms. The fraction of sp³-hybridized carbons (Fsp3) is 0.625. The number of rotatable bonds is 7. The summed E-state index contributed by atoms with van der Waals surface area (Å²) in [6.45, 7) is 5.56. The van der Waals surface area contributed by atoms with Gasteiger partial charge in [-0.3, -0.25) is 0 Å². The lowest BCUT2D eigenvalue weighted by atomic mass is 10.0. The predicted octanol–water partition coefficient (Wildman–Crippen LogP) is 3.54. The van der Waals surface area contributed by atoms with Crippen molar-refractivity contribution in [3.63, 3.8) is 0 Å². The van der Waals surface area contributed by atoms with E-state index in [4.69, 9.17) is 9.47 Å². The Labute approximate surface area is 116 Å². The van der Waals surface area contributed by atoms with Crippen LogP contribution in [-0.4, -0.2) is 20.8 Å². The molecule has 0 radical (unpaired) electrons. The van der Waals surface area contributed by atoms with Crippen molar-refractivity contribution < 1.29 is 9.47 Å². The van der Waals surface area contributed by atoms with E-state index in [1.807, 2.05) is 12.1 Å². The second-order valence-corrected chi connectivity index (χ2v) is 5.56. The Balaban J connectivity index is 2.06. The number of hydrogen-bond acceptors (Lipinski definition) is 3. The van der Waals surface area contributed by atoms with Crippen LogP contribution in [0.15, 0.2) is 18.2 Å². The normalized spacial score (nSPS) is 17.9. The average molecular weight is 263 g/mol. The summed E-state index contributed by atoms with van der Waals surface area (Å²) in [5.41, 5.74) is 1.72. The number of ether oxygens (including phenoxy) is 2. The summed E-state index contributed by atoms with van der Waals surface area (Å²) in [6, 6.07) is 6.24. The molecule has 1 atom stereocenters. The van der Waals surface area contributed by atoms with Gasteiger partial charge >= 0.3 is 0 Å². The third-order valence-corrected chi connectivity index (χ3v) is 4.39. The van der Waals surface area contributed by atoms with Gasteiger partial charge in [0.05, 0.1) is 14.2 Å². The maximum Gasteiger partial charge on any atom is 0.123 e. The molecule has 1 N–H and O–H groups in total. The molecule has 0 amide bonds. The molecule has 0 saturated heterocycles. The monoisotopic (exact) mass is 263 g/mol. The molecule has 1 fully saturated rings. The molecule has 1 saturated carbocycles. The molecule has 0 spiro atoms. The Bertz CT molecular complexity index is 427. The molecule has 0 heterocycles. The van der Waals surface area contributed by atoms with Gasteiger partial charge in [0.1, 0.15) is 11.5 Å². The number of methoxy groups -OCH3 is 2. The van der Waals surface area contributed by atoms with Gasteiger partial charge in [0.25, 0.3) is 0 Å². The van der Waals surface area contributed by atoms with E-state index in [0.717, 1.165) is 23.6 Å². The number of hydrogen-bond donors (Lipinski definition) is 1. The summed E-state index contributed by atoms with van der Waals surface area (Å²) >= 11 is 0. The molecule has 106 valence electrons. The molecule has 1 aliphatic carbocycles. The third-order valence-electron chi connectivity index (χ3n) is 4.39. The lowest BCUT2D eigenvalue weighted by Gasteiger charge is -2.21. The quantitative estimate of drug-likeness (QED) is 0.816. The van der Waals surface area contributed by atoms with E-state index < -0.39 is 0 Å². The first kappa shape index (κ1) is 14.2. The van der Waals surface area contributed by atoms with E-state index in [0.29, 0.717) is 5.41 Å². The van der Waals surface area contributed by atoms with Gasteiger partial charge in [-0.15, -0.1) is 0 Å². The SMILES string of the molecule is CCC1(CNC(C)c2cc(OC)ccc2OC)CC1. The molecule has 0 aliphatic heterocycles. The fourth-order valence-electron chi connectivity index (χ4n) is 2.49. The van der Waals surface area contributed by atoms with Gasteiger partial charge < -0.3 is 14.8 Å². The largest absolute Gasteiger partial charge is 0.497 e. The summed E-state index contributed by atoms with van der Waals surface area (Å²) in [6.07, 6.45) is 3.99. The molecule has 19 heavy (non-hydrogen) atoms. The maximum absolute atomic E-state index is 5.44. The van der Waals surface area contributed by atoms with Crippen molar-refractivity contribution in [2.45, 2.75) is 39.2 Å². The standard InChI is InChI=1S/C16H25NO2/c1-5-16(8-9-16)11-17-12(2)14-10-13(18-3)6-7-15(14)19-4/h6-7,10,12,17H,5,8-9,11H2,1-4H3. The lowest BCUT2D eigenvalue weighted by Crippen LogP contribution is -2.26. The minimum atomic E-state index is 0.272. The molecule has 3 heteroatoms. The highest BCUT2D eigenvalue weighted by Crippen LogP contribution is 2.48. The van der Waals surface area contributed by atoms with Crippen LogP contribution in [0.3, 0.4) is 0 Å². The van der Waals surface area contributed by atoms with Gasteiger partial charge in [-0.25, -0.2) is 0 Å². The zero-order valence-electron chi connectivity index (χ0n) is 12.5. The Morgan fingerprint density at radius 2 is 2.00 bits per heavy atom. The summed E-state index contributed by atoms with van der Waals surface area (Å²) < 4.78 is 10.7. The van der Waals surface area contributed by atoms with Crippen LogP contribution in [0.1, 0.15) is 44.7 Å². The summed E-state index contributed by atoms with van der Waals surface area (Å²) in [4.78, 5) is 0. The van der Waals surface area contributed by atoms with Crippen molar-refractivity contribution in [1.82, 2.24) is 5.32 Å². The maximum atomic E-state index is 5.44. The fourth-order valence-corrected chi connectivity index (χ4v) is 2.49. The van der Waals surface area contributed by atoms with Crippen molar-refractivity contribution in [3.8, 4) is 11.5 Å². The molecule has 3 nitrogen and oxygen atoms in total. The highest BCUT2D eigenvalue weighted by molar-refractivity contribution is 5.42. The Morgan fingerprint density at radius 1 is 1.26 bits per heavy atom. The average Bonchev–Trinajstić information content (AvgIpc) is 3.24. The van der Waals surface area contributed by atoms with E-state index in [1.165, 1.54) is 19.3 Å². The zero-order chi connectivity index (χ0) is 13.9. The van der Waals surface area contributed by atoms with E-state index in [1.54, 1.807) is 14.2 Å². The zero-order valence-corrected chi connectivity index (χ0v) is 12.5. The molecule has 0 aromatic heterocycles. The predicted molar refractivity (Wildman–Crippen MR) is 77.9 cm³/mol. The van der Waals surface area contributed by atoms with E-state index in [2.05, 4.69) is 25.2 Å². The van der Waals surface area contributed by atoms with Crippen LogP contribution in [0.5, 0.6) is 11.5 Å². The van der Waals surface area contributed by atoms with E-state index in [9.17, 15) is 0 Å². The summed E-state index contributed by atoms with van der Waals surface area (Å²) in [7, 11) is 3.41. The van der Waals surface area contributed by atoms with Gasteiger partial charge in [0.15, 0.2) is 0 Å². The van der Waals surface area contributed by atoms with Crippen LogP contribution in [-0.2, 0) is 0 Å². The first-order valence-corrected chi connectivity index (χ1v) is 7.09. The van der Waals surface area contributed by atoms with Gasteiger partial charge in [0.2, 0.25) is 0 Å². The lowest BCUT2D eigenvalue weighted by molar-refractivity contribution is 0.380. The molecule has 1 unspecified atom stereocenters. The summed E-state index contributed by atoms with van der Waals surface area (Å²) in [5, 5.41) is 3.64. The molecule has 1 aromatic rings. The second kappa shape index (κ2) is 5.83.